The second-order valence-corrected chi connectivity index (χ2v) is 11.4. The highest BCUT2D eigenvalue weighted by atomic mass is 79.9. The van der Waals surface area contributed by atoms with Gasteiger partial charge in [-0.1, -0.05) is 61.8 Å². The van der Waals surface area contributed by atoms with Crippen molar-refractivity contribution in [3.8, 4) is 11.5 Å². The van der Waals surface area contributed by atoms with Crippen LogP contribution in [0.25, 0.3) is 0 Å². The zero-order valence-corrected chi connectivity index (χ0v) is 26.3. The van der Waals surface area contributed by atoms with E-state index in [2.05, 4.69) is 28.2 Å². The molecule has 11 heteroatoms. The van der Waals surface area contributed by atoms with E-state index in [-0.39, 0.29) is 0 Å². The molecule has 40 heavy (non-hydrogen) atoms. The van der Waals surface area contributed by atoms with Crippen LogP contribution in [0.4, 0.5) is 5.95 Å². The molecular formula is C29H34BrClN4O4S. The fourth-order valence-corrected chi connectivity index (χ4v) is 5.95. The van der Waals surface area contributed by atoms with Gasteiger partial charge < -0.3 is 19.5 Å². The number of hydrogen-bond acceptors (Lipinski definition) is 8. The first-order valence-corrected chi connectivity index (χ1v) is 15.6. The van der Waals surface area contributed by atoms with Crippen LogP contribution in [0.5, 0.6) is 11.5 Å². The minimum absolute atomic E-state index is 0.323. The van der Waals surface area contributed by atoms with Crippen LogP contribution in [-0.4, -0.2) is 40.6 Å². The zero-order chi connectivity index (χ0) is 28.6. The lowest BCUT2D eigenvalue weighted by atomic mass is 9.95. The number of aromatic nitrogens is 3. The molecule has 1 N–H and O–H groups in total. The third-order valence-electron chi connectivity index (χ3n) is 6.20. The number of rotatable bonds is 13. The molecule has 1 aliphatic rings. The summed E-state index contributed by atoms with van der Waals surface area (Å²) in [7, 11) is 0. The van der Waals surface area contributed by atoms with Crippen molar-refractivity contribution >= 4 is 51.2 Å². The standard InChI is InChI=1S/C29H34BrClN4O4S/c1-5-8-14-38-26-21(30)15-20(16-23(26)37-7-3)25-24(27(36)39-13-6-2)18(4)32-28-33-29(34-35(25)28)40-17-19-11-9-10-12-22(19)31/h9-12,15-16,25H,5-8,13-14,17H2,1-4H3,(H,32,33,34). The van der Waals surface area contributed by atoms with E-state index in [4.69, 9.17) is 35.9 Å². The molecule has 2 aromatic carbocycles. The van der Waals surface area contributed by atoms with Crippen molar-refractivity contribution in [1.82, 2.24) is 14.8 Å². The number of ether oxygens (including phenoxy) is 3. The Kier molecular flexibility index (Phi) is 10.8. The van der Waals surface area contributed by atoms with Crippen LogP contribution >= 0.6 is 39.3 Å². The van der Waals surface area contributed by atoms with Gasteiger partial charge in [-0.25, -0.2) is 9.48 Å². The van der Waals surface area contributed by atoms with Gasteiger partial charge in [-0.05, 0) is 71.9 Å². The highest BCUT2D eigenvalue weighted by molar-refractivity contribution is 9.10. The minimum atomic E-state index is -0.594. The largest absolute Gasteiger partial charge is 0.490 e. The lowest BCUT2D eigenvalue weighted by molar-refractivity contribution is -0.139. The topological polar surface area (TPSA) is 87.5 Å². The van der Waals surface area contributed by atoms with Crippen LogP contribution < -0.4 is 14.8 Å². The fourth-order valence-electron chi connectivity index (χ4n) is 4.26. The molecule has 1 atom stereocenters. The van der Waals surface area contributed by atoms with Gasteiger partial charge in [0.15, 0.2) is 11.5 Å². The second kappa shape index (κ2) is 14.3. The SMILES string of the molecule is CCCCOc1c(Br)cc(C2C(C(=O)OCCC)=C(C)Nc3nc(SCc4ccccc4Cl)nn32)cc1OCC. The molecule has 1 aliphatic heterocycles. The van der Waals surface area contributed by atoms with Gasteiger partial charge in [-0.15, -0.1) is 5.10 Å². The molecule has 0 saturated carbocycles. The Morgan fingerprint density at radius 3 is 2.67 bits per heavy atom. The van der Waals surface area contributed by atoms with Crippen LogP contribution in [-0.2, 0) is 15.3 Å². The van der Waals surface area contributed by atoms with Gasteiger partial charge in [0.2, 0.25) is 11.1 Å². The summed E-state index contributed by atoms with van der Waals surface area (Å²) in [6.07, 6.45) is 2.67. The Labute approximate surface area is 252 Å². The molecule has 2 heterocycles. The number of benzene rings is 2. The molecule has 4 rings (SSSR count). The number of carbonyl (C=O) groups is 1. The molecule has 1 unspecified atom stereocenters. The minimum Gasteiger partial charge on any atom is -0.490 e. The summed E-state index contributed by atoms with van der Waals surface area (Å²) in [6, 6.07) is 11.0. The van der Waals surface area contributed by atoms with E-state index in [1.807, 2.05) is 57.2 Å². The molecule has 0 bridgehead atoms. The Balaban J connectivity index is 1.76. The molecule has 3 aromatic rings. The average Bonchev–Trinajstić information content (AvgIpc) is 3.34. The number of hydrogen-bond donors (Lipinski definition) is 1. The molecule has 214 valence electrons. The Hall–Kier alpha value is -2.69. The molecule has 1 aromatic heterocycles. The van der Waals surface area contributed by atoms with Crippen molar-refractivity contribution < 1.29 is 19.0 Å². The Morgan fingerprint density at radius 1 is 1.15 bits per heavy atom. The zero-order valence-electron chi connectivity index (χ0n) is 23.1. The van der Waals surface area contributed by atoms with E-state index in [1.165, 1.54) is 11.8 Å². The van der Waals surface area contributed by atoms with Crippen LogP contribution in [0.2, 0.25) is 5.02 Å². The number of unbranched alkanes of at least 4 members (excludes halogenated alkanes) is 1. The summed E-state index contributed by atoms with van der Waals surface area (Å²) in [6.45, 7) is 9.22. The van der Waals surface area contributed by atoms with Gasteiger partial charge >= 0.3 is 5.97 Å². The quantitative estimate of drug-likeness (QED) is 0.114. The number of anilines is 1. The van der Waals surface area contributed by atoms with Crippen LogP contribution in [0, 0.1) is 0 Å². The number of nitrogens with one attached hydrogen (secondary N) is 1. The van der Waals surface area contributed by atoms with Crippen molar-refractivity contribution in [3.63, 3.8) is 0 Å². The number of carbonyl (C=O) groups excluding carboxylic acids is 1. The van der Waals surface area contributed by atoms with Crippen molar-refractivity contribution in [3.05, 3.63) is 68.3 Å². The number of halogens is 2. The number of thioether (sulfide) groups is 1. The van der Waals surface area contributed by atoms with Crippen LogP contribution in [0.3, 0.4) is 0 Å². The van der Waals surface area contributed by atoms with Crippen molar-refractivity contribution in [2.45, 2.75) is 63.9 Å². The van der Waals surface area contributed by atoms with E-state index >= 15 is 0 Å². The van der Waals surface area contributed by atoms with E-state index < -0.39 is 12.0 Å². The van der Waals surface area contributed by atoms with Crippen molar-refractivity contribution in [1.29, 1.82) is 0 Å². The van der Waals surface area contributed by atoms with E-state index in [0.29, 0.717) is 64.5 Å². The van der Waals surface area contributed by atoms with E-state index in [9.17, 15) is 4.79 Å². The summed E-state index contributed by atoms with van der Waals surface area (Å²) < 4.78 is 20.1. The predicted molar refractivity (Wildman–Crippen MR) is 162 cm³/mol. The summed E-state index contributed by atoms with van der Waals surface area (Å²) >= 11 is 11.5. The molecule has 0 aliphatic carbocycles. The van der Waals surface area contributed by atoms with Crippen LogP contribution in [0.15, 0.2) is 57.3 Å². The highest BCUT2D eigenvalue weighted by Crippen LogP contribution is 2.43. The van der Waals surface area contributed by atoms with Crippen LogP contribution in [0.1, 0.15) is 64.1 Å². The maximum atomic E-state index is 13.4. The third kappa shape index (κ3) is 6.95. The smallest absolute Gasteiger partial charge is 0.338 e. The summed E-state index contributed by atoms with van der Waals surface area (Å²) in [5.74, 6) is 1.97. The van der Waals surface area contributed by atoms with Crippen molar-refractivity contribution in [2.24, 2.45) is 0 Å². The van der Waals surface area contributed by atoms with Gasteiger partial charge in [-0.3, -0.25) is 0 Å². The Morgan fingerprint density at radius 2 is 1.95 bits per heavy atom. The molecule has 0 radical (unpaired) electrons. The number of allylic oxidation sites excluding steroid dienone is 1. The van der Waals surface area contributed by atoms with Gasteiger partial charge in [0.1, 0.15) is 6.04 Å². The molecule has 0 spiro atoms. The summed E-state index contributed by atoms with van der Waals surface area (Å²) in [4.78, 5) is 18.1. The van der Waals surface area contributed by atoms with E-state index in [0.717, 1.165) is 34.9 Å². The van der Waals surface area contributed by atoms with Crippen molar-refractivity contribution in [2.75, 3.05) is 25.1 Å². The molecule has 0 fully saturated rings. The van der Waals surface area contributed by atoms with Gasteiger partial charge in [0, 0.05) is 16.5 Å². The summed E-state index contributed by atoms with van der Waals surface area (Å²) in [5.41, 5.74) is 2.90. The maximum Gasteiger partial charge on any atom is 0.338 e. The highest BCUT2D eigenvalue weighted by Gasteiger charge is 2.36. The fraction of sp³-hybridized carbons (Fsp3) is 0.414. The normalized spacial score (nSPS) is 14.5. The second-order valence-electron chi connectivity index (χ2n) is 9.21. The first kappa shape index (κ1) is 30.3. The molecule has 0 saturated heterocycles. The number of esters is 1. The third-order valence-corrected chi connectivity index (χ3v) is 8.04. The Bertz CT molecular complexity index is 1380. The first-order chi connectivity index (χ1) is 19.4. The summed E-state index contributed by atoms with van der Waals surface area (Å²) in [5, 5.41) is 9.34. The molecular weight excluding hydrogens is 616 g/mol. The number of nitrogens with zero attached hydrogens (tertiary/aromatic N) is 3. The first-order valence-electron chi connectivity index (χ1n) is 13.4. The lowest BCUT2D eigenvalue weighted by Gasteiger charge is -2.29. The van der Waals surface area contributed by atoms with Gasteiger partial charge in [-0.2, -0.15) is 4.98 Å². The van der Waals surface area contributed by atoms with E-state index in [1.54, 1.807) is 4.68 Å². The maximum absolute atomic E-state index is 13.4. The van der Waals surface area contributed by atoms with Gasteiger partial charge in [0.25, 0.3) is 0 Å². The monoisotopic (exact) mass is 648 g/mol. The van der Waals surface area contributed by atoms with Gasteiger partial charge in [0.05, 0.1) is 29.9 Å². The molecule has 0 amide bonds. The lowest BCUT2D eigenvalue weighted by Crippen LogP contribution is -2.30. The predicted octanol–water partition coefficient (Wildman–Crippen LogP) is 7.81. The number of fused-ring (bicyclic) bond motifs is 1. The molecule has 8 nitrogen and oxygen atoms in total. The average molecular weight is 650 g/mol.